The van der Waals surface area contributed by atoms with Crippen molar-refractivity contribution in [1.82, 2.24) is 20.2 Å². The number of nitrogens with zero attached hydrogens (tertiary/aromatic N) is 5. The van der Waals surface area contributed by atoms with Crippen LogP contribution in [0, 0.1) is 5.82 Å². The molecule has 10 nitrogen and oxygen atoms in total. The van der Waals surface area contributed by atoms with Gasteiger partial charge in [-0.1, -0.05) is 24.3 Å². The molecule has 0 spiro atoms. The molecule has 4 rings (SSSR count). The predicted octanol–water partition coefficient (Wildman–Crippen LogP) is 4.56. The molecular weight excluding hydrogens is 563 g/mol. The molecule has 0 aliphatic rings. The van der Waals surface area contributed by atoms with E-state index < -0.39 is 52.5 Å². The number of nitrogens with one attached hydrogen (secondary N) is 1. The highest BCUT2D eigenvalue weighted by Crippen LogP contribution is 2.32. The number of hydrogen-bond donors (Lipinski definition) is 1. The summed E-state index contributed by atoms with van der Waals surface area (Å²) in [5.74, 6) is -4.08. The largest absolute Gasteiger partial charge is 0.415 e. The van der Waals surface area contributed by atoms with Gasteiger partial charge in [-0.25, -0.2) is 22.8 Å². The molecule has 2 heterocycles. The molecule has 210 valence electrons. The second kappa shape index (κ2) is 11.7. The van der Waals surface area contributed by atoms with Crippen LogP contribution in [0.4, 0.5) is 33.6 Å². The van der Waals surface area contributed by atoms with Gasteiger partial charge in [-0.3, -0.25) is 14.4 Å². The smallest absolute Gasteiger partial charge is 0.316 e. The first kappa shape index (κ1) is 28.5. The molecule has 0 aliphatic heterocycles. The third-order valence-electron chi connectivity index (χ3n) is 5.38. The zero-order valence-corrected chi connectivity index (χ0v) is 21.2. The Morgan fingerprint density at radius 3 is 2.27 bits per heavy atom. The molecule has 0 bridgehead atoms. The number of rotatable bonds is 10. The fraction of sp³-hybridized carbons (Fsp3) is 0.208. The van der Waals surface area contributed by atoms with Crippen LogP contribution in [0.2, 0.25) is 0 Å². The van der Waals surface area contributed by atoms with Gasteiger partial charge >= 0.3 is 12.9 Å². The number of carbonyl (C=O) groups is 1. The highest BCUT2D eigenvalue weighted by Gasteiger charge is 2.34. The zero-order chi connectivity index (χ0) is 29.0. The average Bonchev–Trinajstić information content (AvgIpc) is 3.39. The maximum absolute atomic E-state index is 13.8. The van der Waals surface area contributed by atoms with Crippen LogP contribution in [0.15, 0.2) is 65.3 Å². The van der Waals surface area contributed by atoms with E-state index in [1.54, 1.807) is 6.07 Å². The van der Waals surface area contributed by atoms with E-state index in [0.717, 1.165) is 30.8 Å². The number of anilines is 2. The van der Waals surface area contributed by atoms with E-state index in [9.17, 15) is 35.2 Å². The average molecular weight is 583 g/mol. The van der Waals surface area contributed by atoms with Gasteiger partial charge in [0.1, 0.15) is 5.82 Å². The maximum Gasteiger partial charge on any atom is 0.316 e. The number of alkyl halides is 4. The van der Waals surface area contributed by atoms with Crippen molar-refractivity contribution in [2.45, 2.75) is 25.3 Å². The zero-order valence-electron chi connectivity index (χ0n) is 20.4. The van der Waals surface area contributed by atoms with Crippen molar-refractivity contribution in [3.8, 4) is 11.5 Å². The summed E-state index contributed by atoms with van der Waals surface area (Å²) in [7, 11) is -3.63. The van der Waals surface area contributed by atoms with E-state index in [1.807, 2.05) is 0 Å². The number of amides is 1. The lowest BCUT2D eigenvalue weighted by Gasteiger charge is -2.30. The molecule has 2 aromatic heterocycles. The van der Waals surface area contributed by atoms with E-state index in [0.29, 0.717) is 10.5 Å². The number of aromatic nitrogens is 4. The Morgan fingerprint density at radius 2 is 1.70 bits per heavy atom. The molecule has 2 aromatic carbocycles. The van der Waals surface area contributed by atoms with Crippen molar-refractivity contribution in [3.63, 3.8) is 0 Å². The van der Waals surface area contributed by atoms with Gasteiger partial charge in [-0.05, 0) is 41.8 Å². The molecule has 16 heteroatoms. The lowest BCUT2D eigenvalue weighted by Crippen LogP contribution is -2.41. The minimum Gasteiger partial charge on any atom is -0.415 e. The van der Waals surface area contributed by atoms with Crippen LogP contribution in [-0.4, -0.2) is 47.2 Å². The van der Waals surface area contributed by atoms with Crippen LogP contribution in [0.1, 0.15) is 29.5 Å². The Kier molecular flexibility index (Phi) is 8.37. The Bertz CT molecular complexity index is 1580. The van der Waals surface area contributed by atoms with Gasteiger partial charge in [0.05, 0.1) is 17.9 Å². The number of hydrogen-bond acceptors (Lipinski definition) is 8. The molecular formula is C24H19F5N6O4S. The molecule has 1 N–H and O–H groups in total. The van der Waals surface area contributed by atoms with Gasteiger partial charge in [0, 0.05) is 18.1 Å². The van der Waals surface area contributed by atoms with Gasteiger partial charge in [-0.2, -0.15) is 17.6 Å². The molecule has 4 aromatic rings. The van der Waals surface area contributed by atoms with Crippen LogP contribution in [-0.2, 0) is 21.2 Å². The third kappa shape index (κ3) is 6.93. The van der Waals surface area contributed by atoms with Gasteiger partial charge in [-0.15, -0.1) is 10.2 Å². The SMILES string of the molecule is CS(=O)(=O)Nc1cccc(CC(c2ccc(F)cc2)N(C(=O)C(F)F)c2ncc(-c3nnc(C(F)F)o3)cn2)c1. The van der Waals surface area contributed by atoms with Gasteiger partial charge in [0.25, 0.3) is 17.7 Å². The van der Waals surface area contributed by atoms with E-state index in [1.165, 1.54) is 30.3 Å². The summed E-state index contributed by atoms with van der Waals surface area (Å²) in [4.78, 5) is 21.4. The number of halogens is 5. The Balaban J connectivity index is 1.76. The highest BCUT2D eigenvalue weighted by molar-refractivity contribution is 7.92. The normalized spacial score (nSPS) is 12.5. The summed E-state index contributed by atoms with van der Waals surface area (Å²) in [6, 6.07) is 9.55. The van der Waals surface area contributed by atoms with Gasteiger partial charge < -0.3 is 4.42 Å². The first-order valence-electron chi connectivity index (χ1n) is 11.3. The summed E-state index contributed by atoms with van der Waals surface area (Å²) in [6.45, 7) is 0. The fourth-order valence-corrected chi connectivity index (χ4v) is 4.29. The Morgan fingerprint density at radius 1 is 1.02 bits per heavy atom. The first-order valence-corrected chi connectivity index (χ1v) is 13.2. The molecule has 1 amide bonds. The predicted molar refractivity (Wildman–Crippen MR) is 132 cm³/mol. The second-order valence-corrected chi connectivity index (χ2v) is 10.1. The first-order chi connectivity index (χ1) is 18.9. The van der Waals surface area contributed by atoms with Crippen molar-refractivity contribution >= 4 is 27.6 Å². The fourth-order valence-electron chi connectivity index (χ4n) is 3.73. The van der Waals surface area contributed by atoms with Crippen LogP contribution in [0.3, 0.4) is 0 Å². The van der Waals surface area contributed by atoms with Crippen molar-refractivity contribution in [2.75, 3.05) is 15.9 Å². The van der Waals surface area contributed by atoms with Crippen LogP contribution in [0.25, 0.3) is 11.5 Å². The third-order valence-corrected chi connectivity index (χ3v) is 5.98. The highest BCUT2D eigenvalue weighted by atomic mass is 32.2. The lowest BCUT2D eigenvalue weighted by atomic mass is 9.97. The van der Waals surface area contributed by atoms with Crippen LogP contribution in [0.5, 0.6) is 0 Å². The molecule has 40 heavy (non-hydrogen) atoms. The van der Waals surface area contributed by atoms with Crippen molar-refractivity contribution in [3.05, 3.63) is 83.8 Å². The number of sulfonamides is 1. The lowest BCUT2D eigenvalue weighted by molar-refractivity contribution is -0.129. The second-order valence-electron chi connectivity index (χ2n) is 8.37. The summed E-state index contributed by atoms with van der Waals surface area (Å²) < 4.78 is 97.4. The molecule has 1 atom stereocenters. The Labute approximate surface area is 223 Å². The van der Waals surface area contributed by atoms with E-state index in [4.69, 9.17) is 4.42 Å². The molecule has 0 aliphatic carbocycles. The van der Waals surface area contributed by atoms with Gasteiger partial charge in [0.2, 0.25) is 16.0 Å². The molecule has 0 saturated carbocycles. The summed E-state index contributed by atoms with van der Waals surface area (Å²) >= 11 is 0. The monoisotopic (exact) mass is 582 g/mol. The molecule has 0 fully saturated rings. The topological polar surface area (TPSA) is 131 Å². The molecule has 0 radical (unpaired) electrons. The van der Waals surface area contributed by atoms with Crippen LogP contribution >= 0.6 is 0 Å². The standard InChI is InChI=1S/C24H19F5N6O4S/c1-40(37,38)34-17-4-2-3-13(9-17)10-18(14-5-7-16(25)8-6-14)35(23(36)20(28)29)24-30-11-15(12-31-24)21-32-33-22(39-21)19(26)27/h2-9,11-12,18-20,34H,10H2,1H3. The van der Waals surface area contributed by atoms with Crippen LogP contribution < -0.4 is 9.62 Å². The van der Waals surface area contributed by atoms with Crippen molar-refractivity contribution in [2.24, 2.45) is 0 Å². The summed E-state index contributed by atoms with van der Waals surface area (Å²) in [5.41, 5.74) is 0.832. The summed E-state index contributed by atoms with van der Waals surface area (Å²) in [5, 5.41) is 6.66. The maximum atomic E-state index is 13.8. The van der Waals surface area contributed by atoms with E-state index in [2.05, 4.69) is 24.9 Å². The van der Waals surface area contributed by atoms with E-state index >= 15 is 0 Å². The minimum atomic E-state index is -3.63. The summed E-state index contributed by atoms with van der Waals surface area (Å²) in [6.07, 6.45) is -3.66. The van der Waals surface area contributed by atoms with E-state index in [-0.39, 0.29) is 29.1 Å². The number of benzene rings is 2. The quantitative estimate of drug-likeness (QED) is 0.270. The van der Waals surface area contributed by atoms with Gasteiger partial charge in [0.15, 0.2) is 0 Å². The minimum absolute atomic E-state index is 0.0227. The Hall–Kier alpha value is -4.47. The van der Waals surface area contributed by atoms with Crippen molar-refractivity contribution in [1.29, 1.82) is 0 Å². The van der Waals surface area contributed by atoms with Crippen molar-refractivity contribution < 1.29 is 39.6 Å². The molecule has 1 unspecified atom stereocenters. The number of carbonyl (C=O) groups excluding carboxylic acids is 1. The molecule has 0 saturated heterocycles.